The number of nitrogens with zero attached hydrogens (tertiary/aromatic N) is 3. The lowest BCUT2D eigenvalue weighted by molar-refractivity contribution is -0.0311. The Bertz CT molecular complexity index is 1080. The second kappa shape index (κ2) is 9.44. The van der Waals surface area contributed by atoms with Gasteiger partial charge in [-0.1, -0.05) is 13.8 Å². The van der Waals surface area contributed by atoms with Gasteiger partial charge in [0.2, 0.25) is 4.90 Å². The molecule has 1 fully saturated rings. The summed E-state index contributed by atoms with van der Waals surface area (Å²) in [4.78, 5) is 23.6. The second-order valence-corrected chi connectivity index (χ2v) is 9.96. The minimum absolute atomic E-state index is 0.0493. The molecule has 0 bridgehead atoms. The van der Waals surface area contributed by atoms with E-state index in [1.807, 2.05) is 12.1 Å². The van der Waals surface area contributed by atoms with E-state index in [0.29, 0.717) is 53.5 Å². The van der Waals surface area contributed by atoms with Crippen LogP contribution in [0, 0.1) is 5.92 Å². The molecule has 2 aromatic heterocycles. The third-order valence-corrected chi connectivity index (χ3v) is 6.91. The van der Waals surface area contributed by atoms with E-state index in [0.717, 1.165) is 11.8 Å². The van der Waals surface area contributed by atoms with Crippen LogP contribution in [-0.4, -0.2) is 49.1 Å². The minimum atomic E-state index is -1.54. The monoisotopic (exact) mass is 452 g/mol. The van der Waals surface area contributed by atoms with E-state index in [-0.39, 0.29) is 5.91 Å². The number of hydrogen-bond donors (Lipinski definition) is 2. The number of aromatic nitrogens is 2. The molecule has 0 saturated carbocycles. The van der Waals surface area contributed by atoms with Crippen LogP contribution in [0.25, 0.3) is 10.9 Å². The third kappa shape index (κ3) is 5.03. The van der Waals surface area contributed by atoms with Crippen LogP contribution in [0.1, 0.15) is 43.5 Å². The summed E-state index contributed by atoms with van der Waals surface area (Å²) in [5, 5.41) is 11.5. The van der Waals surface area contributed by atoms with E-state index in [4.69, 9.17) is 0 Å². The smallest absolute Gasteiger partial charge is 0.253 e. The van der Waals surface area contributed by atoms with Crippen molar-refractivity contribution in [2.24, 2.45) is 5.92 Å². The Morgan fingerprint density at radius 2 is 1.94 bits per heavy atom. The van der Waals surface area contributed by atoms with Gasteiger partial charge in [0.1, 0.15) is 16.9 Å². The van der Waals surface area contributed by atoms with Crippen molar-refractivity contribution in [1.82, 2.24) is 14.9 Å². The van der Waals surface area contributed by atoms with Crippen molar-refractivity contribution in [1.29, 1.82) is 0 Å². The molecule has 1 aliphatic heterocycles. The first-order valence-electron chi connectivity index (χ1n) is 10.8. The summed E-state index contributed by atoms with van der Waals surface area (Å²) in [5.74, 6) is 0.375. The molecule has 1 unspecified atom stereocenters. The zero-order valence-corrected chi connectivity index (χ0v) is 19.1. The number of likely N-dealkylation sites (tertiary alicyclic amines) is 1. The summed E-state index contributed by atoms with van der Waals surface area (Å²) in [7, 11) is 0. The number of amides is 1. The number of rotatable bonds is 6. The summed E-state index contributed by atoms with van der Waals surface area (Å²) in [6, 6.07) is 10.6. The van der Waals surface area contributed by atoms with Crippen molar-refractivity contribution < 1.29 is 14.5 Å². The van der Waals surface area contributed by atoms with Crippen LogP contribution in [0.2, 0.25) is 0 Å². The van der Waals surface area contributed by atoms with Crippen LogP contribution in [0.5, 0.6) is 0 Å². The number of pyridine rings is 2. The SMILES string of the molecule is CC(C)CC1(O)CCN(C(=O)c2ccc(N[S+]([O-])c3cncc4cccnc34)cc2)CC1. The number of nitrogens with one attached hydrogen (secondary N) is 1. The zero-order valence-electron chi connectivity index (χ0n) is 18.3. The van der Waals surface area contributed by atoms with Crippen molar-refractivity contribution in [3.05, 3.63) is 60.6 Å². The van der Waals surface area contributed by atoms with Gasteiger partial charge in [-0.3, -0.25) is 14.8 Å². The highest BCUT2D eigenvalue weighted by Gasteiger charge is 2.34. The van der Waals surface area contributed by atoms with Crippen molar-refractivity contribution in [2.75, 3.05) is 17.8 Å². The van der Waals surface area contributed by atoms with Gasteiger partial charge in [0.15, 0.2) is 0 Å². The van der Waals surface area contributed by atoms with Crippen molar-refractivity contribution in [2.45, 2.75) is 43.6 Å². The number of benzene rings is 1. The van der Waals surface area contributed by atoms with Crippen LogP contribution in [0.15, 0.2) is 59.9 Å². The molecule has 7 nitrogen and oxygen atoms in total. The highest BCUT2D eigenvalue weighted by molar-refractivity contribution is 7.93. The largest absolute Gasteiger partial charge is 0.588 e. The van der Waals surface area contributed by atoms with Crippen LogP contribution < -0.4 is 4.72 Å². The normalized spacial score (nSPS) is 16.8. The molecular formula is C24H28N4O3S. The Morgan fingerprint density at radius 1 is 1.22 bits per heavy atom. The Kier molecular flexibility index (Phi) is 6.64. The second-order valence-electron chi connectivity index (χ2n) is 8.78. The molecule has 4 rings (SSSR count). The molecule has 3 heterocycles. The van der Waals surface area contributed by atoms with Gasteiger partial charge in [-0.25, -0.2) is 4.72 Å². The van der Waals surface area contributed by atoms with E-state index in [1.165, 1.54) is 0 Å². The average Bonchev–Trinajstić information content (AvgIpc) is 2.78. The Hall–Kier alpha value is -2.68. The van der Waals surface area contributed by atoms with Gasteiger partial charge in [-0.2, -0.15) is 0 Å². The molecule has 2 N–H and O–H groups in total. The lowest BCUT2D eigenvalue weighted by Crippen LogP contribution is -2.47. The number of hydrogen-bond acceptors (Lipinski definition) is 6. The van der Waals surface area contributed by atoms with Crippen molar-refractivity contribution in [3.63, 3.8) is 0 Å². The Morgan fingerprint density at radius 3 is 2.62 bits per heavy atom. The molecule has 1 aromatic carbocycles. The van der Waals surface area contributed by atoms with Crippen LogP contribution in [-0.2, 0) is 11.4 Å². The van der Waals surface area contributed by atoms with Crippen LogP contribution in [0.3, 0.4) is 0 Å². The lowest BCUT2D eigenvalue weighted by Gasteiger charge is -2.39. The minimum Gasteiger partial charge on any atom is -0.588 e. The van der Waals surface area contributed by atoms with Crippen LogP contribution >= 0.6 is 0 Å². The molecular weight excluding hydrogens is 424 g/mol. The lowest BCUT2D eigenvalue weighted by atomic mass is 9.84. The summed E-state index contributed by atoms with van der Waals surface area (Å²) in [6.45, 7) is 5.30. The molecule has 0 spiro atoms. The van der Waals surface area contributed by atoms with E-state index in [9.17, 15) is 14.5 Å². The highest BCUT2D eigenvalue weighted by atomic mass is 32.2. The summed E-state index contributed by atoms with van der Waals surface area (Å²) in [6.07, 6.45) is 6.86. The van der Waals surface area contributed by atoms with E-state index < -0.39 is 17.0 Å². The topological polar surface area (TPSA) is 101 Å². The first kappa shape index (κ1) is 22.5. The standard InChI is InChI=1S/C24H28N4O3S/c1-17(2)14-24(30)9-12-28(13-10-24)23(29)18-5-7-20(8-6-18)27-32(31)21-16-25-15-19-4-3-11-26-22(19)21/h3-8,11,15-17,27,30H,9-10,12-14H2,1-2H3. The van der Waals surface area contributed by atoms with Crippen LogP contribution in [0.4, 0.5) is 5.69 Å². The van der Waals surface area contributed by atoms with Gasteiger partial charge in [0.05, 0.1) is 17.5 Å². The molecule has 1 atom stereocenters. The van der Waals surface area contributed by atoms with Gasteiger partial charge in [-0.05, 0) is 61.6 Å². The van der Waals surface area contributed by atoms with Gasteiger partial charge >= 0.3 is 0 Å². The number of aliphatic hydroxyl groups is 1. The molecule has 3 aromatic rings. The first-order valence-corrected chi connectivity index (χ1v) is 12.0. The summed E-state index contributed by atoms with van der Waals surface area (Å²) < 4.78 is 15.8. The molecule has 1 amide bonds. The Labute approximate surface area is 191 Å². The predicted molar refractivity (Wildman–Crippen MR) is 126 cm³/mol. The number of carbonyl (C=O) groups is 1. The molecule has 32 heavy (non-hydrogen) atoms. The number of fused-ring (bicyclic) bond motifs is 1. The predicted octanol–water partition coefficient (Wildman–Crippen LogP) is 3.78. The van der Waals surface area contributed by atoms with Crippen molar-refractivity contribution >= 4 is 33.9 Å². The fraction of sp³-hybridized carbons (Fsp3) is 0.375. The van der Waals surface area contributed by atoms with E-state index >= 15 is 0 Å². The average molecular weight is 453 g/mol. The van der Waals surface area contributed by atoms with Gasteiger partial charge < -0.3 is 14.6 Å². The van der Waals surface area contributed by atoms with Gasteiger partial charge in [-0.15, -0.1) is 0 Å². The van der Waals surface area contributed by atoms with Gasteiger partial charge in [0.25, 0.3) is 5.91 Å². The quantitative estimate of drug-likeness (QED) is 0.552. The van der Waals surface area contributed by atoms with Gasteiger partial charge in [0, 0.05) is 36.4 Å². The fourth-order valence-electron chi connectivity index (χ4n) is 4.23. The molecule has 1 saturated heterocycles. The Balaban J connectivity index is 1.39. The van der Waals surface area contributed by atoms with Crippen molar-refractivity contribution in [3.8, 4) is 0 Å². The number of anilines is 1. The maximum Gasteiger partial charge on any atom is 0.253 e. The van der Waals surface area contributed by atoms with E-state index in [2.05, 4.69) is 28.5 Å². The maximum absolute atomic E-state index is 12.9. The molecule has 8 heteroatoms. The molecule has 0 radical (unpaired) electrons. The summed E-state index contributed by atoms with van der Waals surface area (Å²) >= 11 is -1.54. The number of piperidine rings is 1. The molecule has 168 valence electrons. The summed E-state index contributed by atoms with van der Waals surface area (Å²) in [5.41, 5.74) is 1.18. The zero-order chi connectivity index (χ0) is 22.7. The first-order chi connectivity index (χ1) is 15.3. The molecule has 0 aliphatic carbocycles. The fourth-order valence-corrected chi connectivity index (χ4v) is 5.19. The maximum atomic E-state index is 12.9. The molecule has 1 aliphatic rings. The third-order valence-electron chi connectivity index (χ3n) is 5.79. The van der Waals surface area contributed by atoms with E-state index in [1.54, 1.807) is 47.8 Å². The highest BCUT2D eigenvalue weighted by Crippen LogP contribution is 2.29. The number of carbonyl (C=O) groups excluding carboxylic acids is 1.